The highest BCUT2D eigenvalue weighted by atomic mass is 32.1. The Morgan fingerprint density at radius 1 is 0.547 bits per heavy atom. The normalized spacial score (nSPS) is 12.4. The van der Waals surface area contributed by atoms with E-state index in [1.54, 1.807) is 11.3 Å². The number of rotatable bonds is 6. The monoisotopic (exact) mass is 776 g/mol. The van der Waals surface area contributed by atoms with Crippen molar-refractivity contribution in [2.45, 2.75) is 180 Å². The van der Waals surface area contributed by atoms with E-state index in [0.717, 1.165) is 52.3 Å². The average molecular weight is 776 g/mol. The van der Waals surface area contributed by atoms with Gasteiger partial charge in [-0.25, -0.2) is 4.98 Å². The molecule has 3 aromatic rings. The van der Waals surface area contributed by atoms with E-state index in [2.05, 4.69) is 76.8 Å². The third-order valence-electron chi connectivity index (χ3n) is 7.62. The van der Waals surface area contributed by atoms with E-state index < -0.39 is 5.41 Å². The second-order valence-corrected chi connectivity index (χ2v) is 22.5. The topological polar surface area (TPSA) is 103 Å². The maximum Gasteiger partial charge on any atom is 0.206 e. The molecule has 304 valence electrons. The van der Waals surface area contributed by atoms with Gasteiger partial charge in [0.2, 0.25) is 11.5 Å². The van der Waals surface area contributed by atoms with Crippen molar-refractivity contribution >= 4 is 40.2 Å². The van der Waals surface area contributed by atoms with Crippen molar-refractivity contribution in [3.8, 4) is 0 Å². The van der Waals surface area contributed by atoms with Crippen LogP contribution in [0.3, 0.4) is 0 Å². The van der Waals surface area contributed by atoms with Crippen LogP contribution in [0.25, 0.3) is 0 Å². The maximum atomic E-state index is 12.4. The molecular formula is C44H77N3O4S2. The van der Waals surface area contributed by atoms with Crippen LogP contribution in [0.15, 0.2) is 4.52 Å². The number of nitrogens with zero attached hydrogens (tertiary/aromatic N) is 3. The zero-order chi connectivity index (χ0) is 40.3. The molecule has 0 aromatic carbocycles. The number of carbonyl (C=O) groups is 3. The summed E-state index contributed by atoms with van der Waals surface area (Å²) in [5, 5.41) is 4.60. The zero-order valence-corrected chi connectivity index (χ0v) is 37.5. The van der Waals surface area contributed by atoms with Gasteiger partial charge in [-0.2, -0.15) is 4.37 Å². The first-order valence-electron chi connectivity index (χ1n) is 18.1. The molecular weight excluding hydrogens is 699 g/mol. The van der Waals surface area contributed by atoms with E-state index in [1.807, 2.05) is 83.1 Å². The molecule has 0 amide bonds. The number of hydrogen-bond donors (Lipinski definition) is 0. The molecule has 0 radical (unpaired) electrons. The van der Waals surface area contributed by atoms with Crippen LogP contribution in [0.1, 0.15) is 203 Å². The Morgan fingerprint density at radius 3 is 1.36 bits per heavy atom. The van der Waals surface area contributed by atoms with Gasteiger partial charge in [-0.3, -0.25) is 14.4 Å². The van der Waals surface area contributed by atoms with Crippen molar-refractivity contribution in [2.24, 2.45) is 32.5 Å². The molecule has 0 aliphatic carbocycles. The zero-order valence-electron chi connectivity index (χ0n) is 35.9. The van der Waals surface area contributed by atoms with Crippen molar-refractivity contribution in [1.29, 1.82) is 0 Å². The van der Waals surface area contributed by atoms with Crippen molar-refractivity contribution in [3.05, 3.63) is 48.7 Å². The van der Waals surface area contributed by atoms with Gasteiger partial charge in [0.15, 0.2) is 16.6 Å². The summed E-state index contributed by atoms with van der Waals surface area (Å²) in [6.45, 7) is 42.9. The summed E-state index contributed by atoms with van der Waals surface area (Å²) in [6, 6.07) is 0. The van der Waals surface area contributed by atoms with Gasteiger partial charge in [-0.05, 0) is 73.4 Å². The summed E-state index contributed by atoms with van der Waals surface area (Å²) in [5.41, 5.74) is 4.37. The first kappa shape index (κ1) is 52.6. The largest absolute Gasteiger partial charge is 0.353 e. The van der Waals surface area contributed by atoms with E-state index in [0.29, 0.717) is 10.8 Å². The van der Waals surface area contributed by atoms with Gasteiger partial charge in [0.05, 0.1) is 22.0 Å². The van der Waals surface area contributed by atoms with E-state index in [-0.39, 0.29) is 59.3 Å². The van der Waals surface area contributed by atoms with Crippen LogP contribution < -0.4 is 0 Å². The van der Waals surface area contributed by atoms with Crippen molar-refractivity contribution < 1.29 is 18.9 Å². The third-order valence-corrected chi connectivity index (χ3v) is 9.75. The molecule has 0 saturated heterocycles. The number of ketones is 3. The molecule has 0 N–H and O–H groups in total. The summed E-state index contributed by atoms with van der Waals surface area (Å²) in [5.74, 6) is 0.815. The lowest BCUT2D eigenvalue weighted by Crippen LogP contribution is -2.22. The molecule has 3 rings (SSSR count). The van der Waals surface area contributed by atoms with Crippen molar-refractivity contribution in [3.63, 3.8) is 0 Å². The minimum Gasteiger partial charge on any atom is -0.353 e. The third kappa shape index (κ3) is 17.2. The molecule has 0 fully saturated rings. The molecule has 0 spiro atoms. The molecule has 0 unspecified atom stereocenters. The van der Waals surface area contributed by atoms with E-state index in [4.69, 9.17) is 4.52 Å². The number of thiazole rings is 1. The molecule has 7 nitrogen and oxygen atoms in total. The fraction of sp³-hybridized carbons (Fsp3) is 0.727. The van der Waals surface area contributed by atoms with E-state index >= 15 is 0 Å². The molecule has 0 bridgehead atoms. The van der Waals surface area contributed by atoms with E-state index in [1.165, 1.54) is 16.4 Å². The first-order valence-corrected chi connectivity index (χ1v) is 19.6. The maximum absolute atomic E-state index is 12.4. The smallest absolute Gasteiger partial charge is 0.206 e. The van der Waals surface area contributed by atoms with Crippen LogP contribution in [0.4, 0.5) is 0 Å². The molecule has 0 aliphatic rings. The van der Waals surface area contributed by atoms with Crippen LogP contribution in [0.2, 0.25) is 0 Å². The molecule has 9 heteroatoms. The number of hydrogen-bond acceptors (Lipinski definition) is 9. The Labute approximate surface area is 333 Å². The predicted molar refractivity (Wildman–Crippen MR) is 229 cm³/mol. The first-order chi connectivity index (χ1) is 22.5. The lowest BCUT2D eigenvalue weighted by atomic mass is 9.83. The standard InChI is InChI=1S/C14H23NO2.2C14H23NOS.2CH4/c1-9-10(8-13(2,3)4)11(17-15-9)12(16)14(5,6)7;1-9-10(8-13(2,3)4)17-12(15-9)11(16)14(5,6)7;1-9-10(8-13(2,3)4)11(17-15-9)12(16)14(5,6)7;;/h3*8H2,1-7H3;2*1H4. The Balaban J connectivity index is 0. The average Bonchev–Trinajstić information content (AvgIpc) is 3.56. The SMILES string of the molecule is C.C.Cc1nc(C(=O)C(C)(C)C)sc1CC(C)(C)C.Cc1noc(C(=O)C(C)(C)C)c1CC(C)(C)C.Cc1nsc(C(=O)C(C)(C)C)c1CC(C)(C)C. The number of aromatic nitrogens is 3. The molecule has 53 heavy (non-hydrogen) atoms. The van der Waals surface area contributed by atoms with Gasteiger partial charge in [-0.1, -0.05) is 145 Å². The number of aryl methyl sites for hydroxylation is 3. The van der Waals surface area contributed by atoms with Gasteiger partial charge < -0.3 is 4.52 Å². The number of Topliss-reactive ketones (excluding diaryl/α,β-unsaturated/α-hetero) is 3. The van der Waals surface area contributed by atoms with Crippen LogP contribution in [0.5, 0.6) is 0 Å². The van der Waals surface area contributed by atoms with Crippen molar-refractivity contribution in [2.75, 3.05) is 0 Å². The predicted octanol–water partition coefficient (Wildman–Crippen LogP) is 13.6. The lowest BCUT2D eigenvalue weighted by Gasteiger charge is -2.21. The Morgan fingerprint density at radius 2 is 0.962 bits per heavy atom. The molecule has 3 aromatic heterocycles. The molecule has 0 aliphatic heterocycles. The summed E-state index contributed by atoms with van der Waals surface area (Å²) >= 11 is 2.91. The minimum atomic E-state index is -0.432. The summed E-state index contributed by atoms with van der Waals surface area (Å²) in [7, 11) is 0. The van der Waals surface area contributed by atoms with Crippen LogP contribution in [-0.2, 0) is 19.3 Å². The molecule has 3 heterocycles. The fourth-order valence-corrected chi connectivity index (χ4v) is 7.36. The van der Waals surface area contributed by atoms with Crippen LogP contribution in [-0.4, -0.2) is 31.9 Å². The number of carbonyl (C=O) groups excluding carboxylic acids is 3. The second-order valence-electron chi connectivity index (χ2n) is 20.6. The molecule has 0 atom stereocenters. The van der Waals surface area contributed by atoms with Crippen LogP contribution >= 0.6 is 22.9 Å². The highest BCUT2D eigenvalue weighted by Crippen LogP contribution is 2.33. The highest BCUT2D eigenvalue weighted by Gasteiger charge is 2.32. The Kier molecular flexibility index (Phi) is 18.7. The summed E-state index contributed by atoms with van der Waals surface area (Å²) < 4.78 is 9.59. The summed E-state index contributed by atoms with van der Waals surface area (Å²) in [4.78, 5) is 43.3. The highest BCUT2D eigenvalue weighted by molar-refractivity contribution is 7.13. The van der Waals surface area contributed by atoms with Gasteiger partial charge in [0.25, 0.3) is 0 Å². The van der Waals surface area contributed by atoms with Gasteiger partial charge in [0.1, 0.15) is 0 Å². The summed E-state index contributed by atoms with van der Waals surface area (Å²) in [6.07, 6.45) is 2.69. The fourth-order valence-electron chi connectivity index (χ4n) is 4.78. The minimum absolute atomic E-state index is 0. The molecule has 0 saturated carbocycles. The van der Waals surface area contributed by atoms with Gasteiger partial charge in [-0.15, -0.1) is 11.3 Å². The Hall–Kier alpha value is -2.52. The lowest BCUT2D eigenvalue weighted by molar-refractivity contribution is 0.0815. The second kappa shape index (κ2) is 18.9. The van der Waals surface area contributed by atoms with Crippen molar-refractivity contribution in [1.82, 2.24) is 14.5 Å². The van der Waals surface area contributed by atoms with E-state index in [9.17, 15) is 14.4 Å². The van der Waals surface area contributed by atoms with Gasteiger partial charge >= 0.3 is 0 Å². The quantitative estimate of drug-likeness (QED) is 0.230. The van der Waals surface area contributed by atoms with Crippen LogP contribution in [0, 0.1) is 53.3 Å². The Bertz CT molecular complexity index is 1560. The van der Waals surface area contributed by atoms with Gasteiger partial charge in [0, 0.05) is 26.7 Å².